The number of carbonyl (C=O) groups is 6. The Morgan fingerprint density at radius 1 is 0.848 bits per heavy atom. The van der Waals surface area contributed by atoms with Crippen molar-refractivity contribution in [3.8, 4) is 0 Å². The van der Waals surface area contributed by atoms with E-state index in [1.54, 1.807) is 30.3 Å². The van der Waals surface area contributed by atoms with Crippen LogP contribution in [0, 0.1) is 0 Å². The van der Waals surface area contributed by atoms with Crippen LogP contribution in [0.2, 0.25) is 0 Å². The van der Waals surface area contributed by atoms with Crippen LogP contribution in [0.15, 0.2) is 30.3 Å². The lowest BCUT2D eigenvalue weighted by Crippen LogP contribution is -2.57. The van der Waals surface area contributed by atoms with E-state index in [0.29, 0.717) is 5.56 Å². The third-order valence-corrected chi connectivity index (χ3v) is 4.37. The molecule has 0 saturated heterocycles. The third kappa shape index (κ3) is 10.7. The summed E-state index contributed by atoms with van der Waals surface area (Å²) in [5.41, 5.74) is 11.3. The van der Waals surface area contributed by atoms with E-state index in [0.717, 1.165) is 0 Å². The molecular formula is C20H27N5O8. The van der Waals surface area contributed by atoms with Gasteiger partial charge in [-0.3, -0.25) is 28.8 Å². The smallest absolute Gasteiger partial charge is 0.322 e. The van der Waals surface area contributed by atoms with E-state index in [4.69, 9.17) is 21.7 Å². The predicted octanol–water partition coefficient (Wildman–Crippen LogP) is -2.53. The lowest BCUT2D eigenvalue weighted by atomic mass is 10.0. The first kappa shape index (κ1) is 27.0. The molecule has 13 heteroatoms. The fourth-order valence-corrected chi connectivity index (χ4v) is 2.73. The molecule has 0 heterocycles. The van der Waals surface area contributed by atoms with E-state index >= 15 is 0 Å². The number of nitrogens with two attached hydrogens (primary N) is 2. The molecule has 0 bridgehead atoms. The average molecular weight is 465 g/mol. The van der Waals surface area contributed by atoms with Crippen LogP contribution in [0.3, 0.4) is 0 Å². The molecule has 9 N–H and O–H groups in total. The number of hydrogen-bond donors (Lipinski definition) is 7. The SMILES string of the molecule is NC(=O)CCC(NC(=O)C(Cc1ccccc1)NC(=O)C(N)CC(=O)O)C(=O)NCC(=O)O. The lowest BCUT2D eigenvalue weighted by Gasteiger charge is -2.24. The number of aliphatic carboxylic acids is 2. The first-order valence-electron chi connectivity index (χ1n) is 9.89. The van der Waals surface area contributed by atoms with Gasteiger partial charge in [-0.15, -0.1) is 0 Å². The molecule has 1 aromatic rings. The molecule has 1 aromatic carbocycles. The summed E-state index contributed by atoms with van der Waals surface area (Å²) in [6.07, 6.45) is -1.16. The van der Waals surface area contributed by atoms with E-state index in [2.05, 4.69) is 16.0 Å². The number of carbonyl (C=O) groups excluding carboxylic acids is 4. The molecule has 0 aromatic heterocycles. The van der Waals surface area contributed by atoms with Crippen molar-refractivity contribution in [3.05, 3.63) is 35.9 Å². The second-order valence-electron chi connectivity index (χ2n) is 7.13. The van der Waals surface area contributed by atoms with Crippen molar-refractivity contribution in [2.75, 3.05) is 6.54 Å². The van der Waals surface area contributed by atoms with Crippen LogP contribution in [0.1, 0.15) is 24.8 Å². The Kier molecular flexibility index (Phi) is 11.0. The molecule has 13 nitrogen and oxygen atoms in total. The Hall–Kier alpha value is -4.00. The number of primary amides is 1. The molecule has 0 fully saturated rings. The second kappa shape index (κ2) is 13.4. The Labute approximate surface area is 188 Å². The zero-order valence-electron chi connectivity index (χ0n) is 17.7. The number of carboxylic acid groups (broad SMARTS) is 2. The topological polar surface area (TPSA) is 231 Å². The van der Waals surface area contributed by atoms with Crippen molar-refractivity contribution in [2.24, 2.45) is 11.5 Å². The van der Waals surface area contributed by atoms with Crippen molar-refractivity contribution >= 4 is 35.6 Å². The van der Waals surface area contributed by atoms with Crippen molar-refractivity contribution in [1.82, 2.24) is 16.0 Å². The highest BCUT2D eigenvalue weighted by Gasteiger charge is 2.29. The van der Waals surface area contributed by atoms with Gasteiger partial charge in [0.15, 0.2) is 0 Å². The Balaban J connectivity index is 3.03. The molecule has 33 heavy (non-hydrogen) atoms. The zero-order chi connectivity index (χ0) is 25.0. The first-order valence-corrected chi connectivity index (χ1v) is 9.89. The van der Waals surface area contributed by atoms with Gasteiger partial charge in [0.1, 0.15) is 18.6 Å². The largest absolute Gasteiger partial charge is 0.481 e. The van der Waals surface area contributed by atoms with Crippen LogP contribution in [0.25, 0.3) is 0 Å². The van der Waals surface area contributed by atoms with Crippen molar-refractivity contribution in [1.29, 1.82) is 0 Å². The maximum absolute atomic E-state index is 12.9. The molecule has 0 aliphatic rings. The molecule has 0 aliphatic heterocycles. The monoisotopic (exact) mass is 465 g/mol. The minimum atomic E-state index is -1.42. The van der Waals surface area contributed by atoms with Crippen LogP contribution >= 0.6 is 0 Å². The summed E-state index contributed by atoms with van der Waals surface area (Å²) < 4.78 is 0. The Bertz CT molecular complexity index is 876. The first-order chi connectivity index (χ1) is 15.5. The highest BCUT2D eigenvalue weighted by Crippen LogP contribution is 2.06. The summed E-state index contributed by atoms with van der Waals surface area (Å²) in [5, 5.41) is 24.4. The molecule has 3 atom stereocenters. The molecule has 0 saturated carbocycles. The van der Waals surface area contributed by atoms with Gasteiger partial charge in [-0.25, -0.2) is 0 Å². The summed E-state index contributed by atoms with van der Waals surface area (Å²) in [6, 6.07) is 4.55. The van der Waals surface area contributed by atoms with Gasteiger partial charge < -0.3 is 37.6 Å². The number of carboxylic acids is 2. The molecule has 3 unspecified atom stereocenters. The van der Waals surface area contributed by atoms with E-state index < -0.39 is 66.7 Å². The minimum Gasteiger partial charge on any atom is -0.481 e. The Morgan fingerprint density at radius 3 is 2.00 bits per heavy atom. The lowest BCUT2D eigenvalue weighted by molar-refractivity contribution is -0.140. The van der Waals surface area contributed by atoms with Crippen LogP contribution in [0.4, 0.5) is 0 Å². The fourth-order valence-electron chi connectivity index (χ4n) is 2.73. The molecule has 1 rings (SSSR count). The number of hydrogen-bond acceptors (Lipinski definition) is 7. The minimum absolute atomic E-state index is 0.0164. The maximum Gasteiger partial charge on any atom is 0.322 e. The molecule has 0 radical (unpaired) electrons. The van der Waals surface area contributed by atoms with Gasteiger partial charge in [0, 0.05) is 12.8 Å². The normalized spacial score (nSPS) is 13.1. The second-order valence-corrected chi connectivity index (χ2v) is 7.13. The van der Waals surface area contributed by atoms with E-state index in [1.807, 2.05) is 0 Å². The summed E-state index contributed by atoms with van der Waals surface area (Å²) in [7, 11) is 0. The number of rotatable bonds is 14. The van der Waals surface area contributed by atoms with Gasteiger partial charge in [-0.1, -0.05) is 30.3 Å². The standard InChI is InChI=1S/C20H27N5O8/c21-12(9-16(27)28)18(31)25-14(8-11-4-2-1-3-5-11)20(33)24-13(6-7-15(22)26)19(32)23-10-17(29)30/h1-5,12-14H,6-10,21H2,(H2,22,26)(H,23,32)(H,24,33)(H,25,31)(H,27,28)(H,29,30). The summed E-state index contributed by atoms with van der Waals surface area (Å²) in [5.74, 6) is -5.94. The predicted molar refractivity (Wildman–Crippen MR) is 113 cm³/mol. The molecule has 0 spiro atoms. The summed E-state index contributed by atoms with van der Waals surface area (Å²) in [4.78, 5) is 70.2. The van der Waals surface area contributed by atoms with Crippen molar-refractivity contribution in [3.63, 3.8) is 0 Å². The molecular weight excluding hydrogens is 438 g/mol. The van der Waals surface area contributed by atoms with Crippen LogP contribution in [0.5, 0.6) is 0 Å². The third-order valence-electron chi connectivity index (χ3n) is 4.37. The van der Waals surface area contributed by atoms with Crippen molar-refractivity contribution < 1.29 is 39.0 Å². The molecule has 180 valence electrons. The van der Waals surface area contributed by atoms with Crippen LogP contribution < -0.4 is 27.4 Å². The maximum atomic E-state index is 12.9. The van der Waals surface area contributed by atoms with Gasteiger partial charge in [-0.2, -0.15) is 0 Å². The fraction of sp³-hybridized carbons (Fsp3) is 0.400. The van der Waals surface area contributed by atoms with Crippen molar-refractivity contribution in [2.45, 2.75) is 43.8 Å². The van der Waals surface area contributed by atoms with Gasteiger partial charge >= 0.3 is 11.9 Å². The number of benzene rings is 1. The van der Waals surface area contributed by atoms with Crippen LogP contribution in [-0.2, 0) is 35.2 Å². The molecule has 4 amide bonds. The number of nitrogens with one attached hydrogen (secondary N) is 3. The quantitative estimate of drug-likeness (QED) is 0.153. The highest BCUT2D eigenvalue weighted by atomic mass is 16.4. The zero-order valence-corrected chi connectivity index (χ0v) is 17.7. The summed E-state index contributed by atoms with van der Waals surface area (Å²) >= 11 is 0. The van der Waals surface area contributed by atoms with Gasteiger partial charge in [0.05, 0.1) is 12.5 Å². The summed E-state index contributed by atoms with van der Waals surface area (Å²) in [6.45, 7) is -0.712. The van der Waals surface area contributed by atoms with Gasteiger partial charge in [-0.05, 0) is 12.0 Å². The van der Waals surface area contributed by atoms with E-state index in [-0.39, 0.29) is 19.3 Å². The molecule has 0 aliphatic carbocycles. The highest BCUT2D eigenvalue weighted by molar-refractivity contribution is 5.94. The van der Waals surface area contributed by atoms with E-state index in [9.17, 15) is 28.8 Å². The van der Waals surface area contributed by atoms with Crippen LogP contribution in [-0.4, -0.2) is 70.5 Å². The Morgan fingerprint density at radius 2 is 1.45 bits per heavy atom. The number of amides is 4. The van der Waals surface area contributed by atoms with Gasteiger partial charge in [0.25, 0.3) is 0 Å². The average Bonchev–Trinajstić information content (AvgIpc) is 2.74. The van der Waals surface area contributed by atoms with Gasteiger partial charge in [0.2, 0.25) is 23.6 Å². The van der Waals surface area contributed by atoms with E-state index in [1.165, 1.54) is 0 Å².